The minimum absolute atomic E-state index is 0.0111. The van der Waals surface area contributed by atoms with E-state index in [-0.39, 0.29) is 17.4 Å². The molecule has 1 saturated heterocycles. The third-order valence-corrected chi connectivity index (χ3v) is 6.09. The van der Waals surface area contributed by atoms with Gasteiger partial charge in [0.2, 0.25) is 0 Å². The molecule has 1 atom stereocenters. The van der Waals surface area contributed by atoms with E-state index in [2.05, 4.69) is 43.1 Å². The number of hydrogen-bond donors (Lipinski definition) is 1. The second-order valence-electron chi connectivity index (χ2n) is 9.08. The molecule has 1 aromatic heterocycles. The number of nitrogens with zero attached hydrogens (tertiary/aromatic N) is 2. The number of benzene rings is 2. The number of para-hydroxylation sites is 1. The molecule has 0 aliphatic carbocycles. The number of nitrogens with one attached hydrogen (secondary N) is 1. The normalized spacial score (nSPS) is 17.0. The highest BCUT2D eigenvalue weighted by Gasteiger charge is 2.28. The minimum atomic E-state index is -0.0400. The Hall–Kier alpha value is -2.88. The van der Waals surface area contributed by atoms with Gasteiger partial charge in [-0.1, -0.05) is 69.3 Å². The standard InChI is InChI=1S/C26H31N3O/c1-4-22(19-11-6-5-7-12-19)28-25(30)21-17-24(27-23-14-9-8-13-20(21)23)29-16-10-15-26(2,3)18-29/h5-9,11-14,17,22H,4,10,15-16,18H2,1-3H3,(H,28,30). The van der Waals surface area contributed by atoms with E-state index >= 15 is 0 Å². The first-order valence-electron chi connectivity index (χ1n) is 11.0. The number of aromatic nitrogens is 1. The van der Waals surface area contributed by atoms with Crippen molar-refractivity contribution in [2.45, 2.75) is 46.1 Å². The molecular formula is C26H31N3O. The highest BCUT2D eigenvalue weighted by atomic mass is 16.1. The van der Waals surface area contributed by atoms with E-state index in [4.69, 9.17) is 4.98 Å². The van der Waals surface area contributed by atoms with E-state index in [1.54, 1.807) is 0 Å². The second kappa shape index (κ2) is 8.47. The highest BCUT2D eigenvalue weighted by Crippen LogP contribution is 2.32. The monoisotopic (exact) mass is 401 g/mol. The number of pyridine rings is 1. The summed E-state index contributed by atoms with van der Waals surface area (Å²) in [5.74, 6) is 0.862. The van der Waals surface area contributed by atoms with Crippen LogP contribution in [-0.2, 0) is 0 Å². The van der Waals surface area contributed by atoms with Gasteiger partial charge in [0.25, 0.3) is 5.91 Å². The number of fused-ring (bicyclic) bond motifs is 1. The fraction of sp³-hybridized carbons (Fsp3) is 0.385. The van der Waals surface area contributed by atoms with Crippen molar-refractivity contribution in [3.63, 3.8) is 0 Å². The molecule has 0 radical (unpaired) electrons. The van der Waals surface area contributed by atoms with E-state index < -0.39 is 0 Å². The molecule has 0 bridgehead atoms. The molecule has 4 rings (SSSR count). The zero-order valence-corrected chi connectivity index (χ0v) is 18.2. The molecule has 0 spiro atoms. The average Bonchev–Trinajstić information content (AvgIpc) is 2.76. The van der Waals surface area contributed by atoms with Crippen LogP contribution >= 0.6 is 0 Å². The van der Waals surface area contributed by atoms with Crippen LogP contribution in [-0.4, -0.2) is 24.0 Å². The Kier molecular flexibility index (Phi) is 5.76. The molecule has 1 N–H and O–H groups in total. The number of amides is 1. The molecule has 1 aliphatic heterocycles. The van der Waals surface area contributed by atoms with E-state index in [1.165, 1.54) is 6.42 Å². The smallest absolute Gasteiger partial charge is 0.252 e. The van der Waals surface area contributed by atoms with Crippen LogP contribution in [0, 0.1) is 5.41 Å². The van der Waals surface area contributed by atoms with Gasteiger partial charge >= 0.3 is 0 Å². The molecule has 1 unspecified atom stereocenters. The number of piperidine rings is 1. The van der Waals surface area contributed by atoms with E-state index in [1.807, 2.05) is 48.5 Å². The molecule has 30 heavy (non-hydrogen) atoms. The Morgan fingerprint density at radius 1 is 1.13 bits per heavy atom. The van der Waals surface area contributed by atoms with Crippen molar-refractivity contribution in [3.05, 3.63) is 71.8 Å². The van der Waals surface area contributed by atoms with Crippen molar-refractivity contribution in [1.29, 1.82) is 0 Å². The van der Waals surface area contributed by atoms with Gasteiger partial charge in [-0.2, -0.15) is 0 Å². The lowest BCUT2D eigenvalue weighted by molar-refractivity contribution is 0.0937. The summed E-state index contributed by atoms with van der Waals surface area (Å²) in [5, 5.41) is 4.15. The molecular weight excluding hydrogens is 370 g/mol. The lowest BCUT2D eigenvalue weighted by Gasteiger charge is -2.39. The summed E-state index contributed by atoms with van der Waals surface area (Å²) in [6.45, 7) is 8.65. The van der Waals surface area contributed by atoms with Crippen molar-refractivity contribution in [2.75, 3.05) is 18.0 Å². The lowest BCUT2D eigenvalue weighted by Crippen LogP contribution is -2.40. The molecule has 2 aromatic carbocycles. The Balaban J connectivity index is 1.69. The van der Waals surface area contributed by atoms with Gasteiger partial charge in [-0.25, -0.2) is 4.98 Å². The largest absolute Gasteiger partial charge is 0.356 e. The summed E-state index contributed by atoms with van der Waals surface area (Å²) in [5.41, 5.74) is 2.96. The van der Waals surface area contributed by atoms with E-state index in [0.717, 1.165) is 48.2 Å². The summed E-state index contributed by atoms with van der Waals surface area (Å²) in [7, 11) is 0. The number of hydrogen-bond acceptors (Lipinski definition) is 3. The topological polar surface area (TPSA) is 45.2 Å². The van der Waals surface area contributed by atoms with Crippen LogP contribution in [0.25, 0.3) is 10.9 Å². The van der Waals surface area contributed by atoms with Gasteiger partial charge in [-0.05, 0) is 42.4 Å². The van der Waals surface area contributed by atoms with Crippen molar-refractivity contribution in [2.24, 2.45) is 5.41 Å². The first kappa shape index (κ1) is 20.4. The van der Waals surface area contributed by atoms with Gasteiger partial charge in [0.05, 0.1) is 17.1 Å². The first-order valence-corrected chi connectivity index (χ1v) is 11.0. The molecule has 4 nitrogen and oxygen atoms in total. The van der Waals surface area contributed by atoms with Crippen LogP contribution in [0.4, 0.5) is 5.82 Å². The van der Waals surface area contributed by atoms with Gasteiger partial charge in [0.1, 0.15) is 5.82 Å². The maximum absolute atomic E-state index is 13.4. The Morgan fingerprint density at radius 3 is 2.60 bits per heavy atom. The van der Waals surface area contributed by atoms with Crippen LogP contribution in [0.1, 0.15) is 62.0 Å². The van der Waals surface area contributed by atoms with Crippen LogP contribution in [0.2, 0.25) is 0 Å². The summed E-state index contributed by atoms with van der Waals surface area (Å²) < 4.78 is 0. The highest BCUT2D eigenvalue weighted by molar-refractivity contribution is 6.07. The second-order valence-corrected chi connectivity index (χ2v) is 9.08. The number of anilines is 1. The van der Waals surface area contributed by atoms with Crippen LogP contribution in [0.5, 0.6) is 0 Å². The van der Waals surface area contributed by atoms with Crippen molar-refractivity contribution in [3.8, 4) is 0 Å². The summed E-state index contributed by atoms with van der Waals surface area (Å²) in [6, 6.07) is 20.1. The third kappa shape index (κ3) is 4.33. The maximum Gasteiger partial charge on any atom is 0.252 e. The molecule has 1 aliphatic rings. The zero-order valence-electron chi connectivity index (χ0n) is 18.2. The molecule has 4 heteroatoms. The first-order chi connectivity index (χ1) is 14.5. The predicted molar refractivity (Wildman–Crippen MR) is 124 cm³/mol. The summed E-state index contributed by atoms with van der Waals surface area (Å²) in [4.78, 5) is 20.7. The van der Waals surface area contributed by atoms with E-state index in [9.17, 15) is 4.79 Å². The number of rotatable bonds is 5. The van der Waals surface area contributed by atoms with Gasteiger partial charge in [0.15, 0.2) is 0 Å². The van der Waals surface area contributed by atoms with E-state index in [0.29, 0.717) is 5.56 Å². The van der Waals surface area contributed by atoms with Crippen molar-refractivity contribution >= 4 is 22.6 Å². The Labute approximate surface area is 179 Å². The SMILES string of the molecule is CCC(NC(=O)c1cc(N2CCCC(C)(C)C2)nc2ccccc12)c1ccccc1. The zero-order chi connectivity index (χ0) is 21.1. The van der Waals surface area contributed by atoms with Crippen LogP contribution in [0.15, 0.2) is 60.7 Å². The molecule has 3 aromatic rings. The van der Waals surface area contributed by atoms with Crippen molar-refractivity contribution < 1.29 is 4.79 Å². The Bertz CT molecular complexity index is 1030. The Morgan fingerprint density at radius 2 is 1.87 bits per heavy atom. The molecule has 156 valence electrons. The quantitative estimate of drug-likeness (QED) is 0.593. The molecule has 0 saturated carbocycles. The average molecular weight is 402 g/mol. The van der Waals surface area contributed by atoms with Crippen molar-refractivity contribution in [1.82, 2.24) is 10.3 Å². The predicted octanol–water partition coefficient (Wildman–Crippen LogP) is 5.74. The minimum Gasteiger partial charge on any atom is -0.356 e. The molecule has 2 heterocycles. The summed E-state index contributed by atoms with van der Waals surface area (Å²) >= 11 is 0. The third-order valence-electron chi connectivity index (χ3n) is 6.09. The number of carbonyl (C=O) groups is 1. The fourth-order valence-corrected chi connectivity index (χ4v) is 4.47. The summed E-state index contributed by atoms with van der Waals surface area (Å²) in [6.07, 6.45) is 3.21. The van der Waals surface area contributed by atoms with Crippen LogP contribution in [0.3, 0.4) is 0 Å². The van der Waals surface area contributed by atoms with Gasteiger partial charge < -0.3 is 10.2 Å². The lowest BCUT2D eigenvalue weighted by atomic mass is 9.84. The van der Waals surface area contributed by atoms with Gasteiger partial charge in [-0.15, -0.1) is 0 Å². The van der Waals surface area contributed by atoms with Gasteiger partial charge in [0, 0.05) is 18.5 Å². The molecule has 1 amide bonds. The van der Waals surface area contributed by atoms with Gasteiger partial charge in [-0.3, -0.25) is 4.79 Å². The van der Waals surface area contributed by atoms with Crippen LogP contribution < -0.4 is 10.2 Å². The fourth-order valence-electron chi connectivity index (χ4n) is 4.47. The maximum atomic E-state index is 13.4. The number of carbonyl (C=O) groups excluding carboxylic acids is 1. The molecule has 1 fully saturated rings.